The normalized spacial score (nSPS) is 11.1. The quantitative estimate of drug-likeness (QED) is 0.231. The van der Waals surface area contributed by atoms with E-state index in [1.54, 1.807) is 30.0 Å². The lowest BCUT2D eigenvalue weighted by Crippen LogP contribution is -2.19. The van der Waals surface area contributed by atoms with E-state index in [-0.39, 0.29) is 11.7 Å². The van der Waals surface area contributed by atoms with Crippen molar-refractivity contribution in [1.82, 2.24) is 15.6 Å². The number of nitrogens with one attached hydrogen (secondary N) is 1. The van der Waals surface area contributed by atoms with Crippen LogP contribution >= 0.6 is 69.7 Å². The molecule has 3 rings (SSSR count). The maximum absolute atomic E-state index is 11.9. The first kappa shape index (κ1) is 22.4. The van der Waals surface area contributed by atoms with Crippen LogP contribution in [0.15, 0.2) is 56.2 Å². The average Bonchev–Trinajstić information content (AvgIpc) is 3.17. The number of halogens is 3. The van der Waals surface area contributed by atoms with Crippen LogP contribution in [-0.2, 0) is 10.5 Å². The summed E-state index contributed by atoms with van der Waals surface area (Å²) in [5.74, 6) is 0.729. The molecule has 11 heteroatoms. The van der Waals surface area contributed by atoms with E-state index in [1.165, 1.54) is 29.3 Å². The molecule has 0 saturated carbocycles. The molecule has 0 unspecified atom stereocenters. The van der Waals surface area contributed by atoms with Crippen molar-refractivity contribution in [1.29, 1.82) is 0 Å². The molecule has 2 aromatic carbocycles. The zero-order valence-electron chi connectivity index (χ0n) is 14.6. The van der Waals surface area contributed by atoms with E-state index in [1.807, 2.05) is 24.3 Å². The summed E-state index contributed by atoms with van der Waals surface area (Å²) < 4.78 is 1.58. The van der Waals surface area contributed by atoms with Gasteiger partial charge in [0.05, 0.1) is 22.0 Å². The number of rotatable bonds is 8. The molecule has 0 spiro atoms. The fourth-order valence-electron chi connectivity index (χ4n) is 1.97. The molecule has 0 aliphatic carbocycles. The van der Waals surface area contributed by atoms with Gasteiger partial charge in [-0.2, -0.15) is 5.10 Å². The maximum atomic E-state index is 11.9. The number of carbonyl (C=O) groups is 1. The van der Waals surface area contributed by atoms with Gasteiger partial charge in [-0.15, -0.1) is 10.2 Å². The number of hydrogen-bond acceptors (Lipinski definition) is 7. The number of thioether (sulfide) groups is 2. The minimum Gasteiger partial charge on any atom is -0.272 e. The first-order chi connectivity index (χ1) is 14.0. The Morgan fingerprint density at radius 1 is 1.03 bits per heavy atom. The summed E-state index contributed by atoms with van der Waals surface area (Å²) in [6.07, 6.45) is 1.50. The number of aromatic nitrogens is 2. The van der Waals surface area contributed by atoms with E-state index < -0.39 is 0 Å². The highest BCUT2D eigenvalue weighted by Crippen LogP contribution is 2.30. The lowest BCUT2D eigenvalue weighted by Gasteiger charge is -1.99. The molecular formula is C18H13Cl3N4OS3. The van der Waals surface area contributed by atoms with Crippen molar-refractivity contribution >= 4 is 81.8 Å². The summed E-state index contributed by atoms with van der Waals surface area (Å²) >= 11 is 22.0. The number of amides is 1. The highest BCUT2D eigenvalue weighted by molar-refractivity contribution is 8.03. The minimum atomic E-state index is -0.239. The minimum absolute atomic E-state index is 0.190. The van der Waals surface area contributed by atoms with Crippen LogP contribution in [0.1, 0.15) is 11.1 Å². The number of nitrogens with zero attached hydrogens (tertiary/aromatic N) is 3. The molecule has 5 nitrogen and oxygen atoms in total. The second-order valence-electron chi connectivity index (χ2n) is 5.50. The third-order valence-electron chi connectivity index (χ3n) is 3.34. The molecule has 3 aromatic rings. The van der Waals surface area contributed by atoms with Crippen LogP contribution < -0.4 is 5.43 Å². The molecule has 0 bridgehead atoms. The Labute approximate surface area is 195 Å². The van der Waals surface area contributed by atoms with E-state index in [0.717, 1.165) is 25.6 Å². The van der Waals surface area contributed by atoms with Crippen molar-refractivity contribution in [3.8, 4) is 0 Å². The Bertz CT molecular complexity index is 1010. The predicted molar refractivity (Wildman–Crippen MR) is 124 cm³/mol. The van der Waals surface area contributed by atoms with Gasteiger partial charge in [0, 0.05) is 10.8 Å². The van der Waals surface area contributed by atoms with Crippen molar-refractivity contribution in [2.75, 3.05) is 5.75 Å². The van der Waals surface area contributed by atoms with Crippen molar-refractivity contribution in [3.05, 3.63) is 68.7 Å². The van der Waals surface area contributed by atoms with Gasteiger partial charge >= 0.3 is 0 Å². The van der Waals surface area contributed by atoms with Gasteiger partial charge in [-0.1, -0.05) is 87.9 Å². The molecule has 0 fully saturated rings. The van der Waals surface area contributed by atoms with E-state index in [9.17, 15) is 4.79 Å². The third kappa shape index (κ3) is 7.47. The van der Waals surface area contributed by atoms with Crippen LogP contribution in [0.25, 0.3) is 0 Å². The van der Waals surface area contributed by atoms with Gasteiger partial charge in [-0.05, 0) is 35.4 Å². The lowest BCUT2D eigenvalue weighted by atomic mass is 10.2. The van der Waals surface area contributed by atoms with Gasteiger partial charge in [-0.3, -0.25) is 4.79 Å². The Morgan fingerprint density at radius 2 is 1.76 bits per heavy atom. The van der Waals surface area contributed by atoms with Crippen LogP contribution in [-0.4, -0.2) is 28.1 Å². The molecule has 0 saturated heterocycles. The first-order valence-electron chi connectivity index (χ1n) is 8.10. The first-order valence-corrected chi connectivity index (χ1v) is 12.0. The van der Waals surface area contributed by atoms with Crippen LogP contribution in [0.5, 0.6) is 0 Å². The van der Waals surface area contributed by atoms with E-state index in [0.29, 0.717) is 15.1 Å². The van der Waals surface area contributed by atoms with Gasteiger partial charge in [0.2, 0.25) is 0 Å². The summed E-state index contributed by atoms with van der Waals surface area (Å²) in [4.78, 5) is 11.9. The van der Waals surface area contributed by atoms with E-state index in [4.69, 9.17) is 34.8 Å². The summed E-state index contributed by atoms with van der Waals surface area (Å²) in [6, 6.07) is 12.8. The van der Waals surface area contributed by atoms with Crippen molar-refractivity contribution in [3.63, 3.8) is 0 Å². The van der Waals surface area contributed by atoms with Crippen molar-refractivity contribution < 1.29 is 4.79 Å². The molecule has 150 valence electrons. The zero-order chi connectivity index (χ0) is 20.6. The highest BCUT2D eigenvalue weighted by Gasteiger charge is 2.09. The smallest absolute Gasteiger partial charge is 0.250 e. The molecule has 0 aliphatic heterocycles. The fraction of sp³-hybridized carbons (Fsp3) is 0.111. The molecule has 1 amide bonds. The summed E-state index contributed by atoms with van der Waals surface area (Å²) in [5.41, 5.74) is 4.36. The lowest BCUT2D eigenvalue weighted by molar-refractivity contribution is -0.118. The van der Waals surface area contributed by atoms with Crippen molar-refractivity contribution in [2.45, 2.75) is 14.4 Å². The molecule has 1 aromatic heterocycles. The topological polar surface area (TPSA) is 67.2 Å². The van der Waals surface area contributed by atoms with Gasteiger partial charge in [0.25, 0.3) is 5.91 Å². The Kier molecular flexibility index (Phi) is 8.65. The molecule has 1 N–H and O–H groups in total. The second-order valence-corrected chi connectivity index (χ2v) is 10.2. The van der Waals surface area contributed by atoms with Crippen LogP contribution in [0.2, 0.25) is 15.1 Å². The Hall–Kier alpha value is -1.29. The summed E-state index contributed by atoms with van der Waals surface area (Å²) in [5, 5.41) is 13.8. The van der Waals surface area contributed by atoms with Gasteiger partial charge in [0.1, 0.15) is 0 Å². The van der Waals surface area contributed by atoms with Crippen molar-refractivity contribution in [2.24, 2.45) is 5.10 Å². The molecule has 1 heterocycles. The zero-order valence-corrected chi connectivity index (χ0v) is 19.4. The number of hydrogen-bond donors (Lipinski definition) is 1. The second kappa shape index (κ2) is 11.2. The molecular weight excluding hydrogens is 491 g/mol. The van der Waals surface area contributed by atoms with Gasteiger partial charge in [0.15, 0.2) is 8.68 Å². The molecule has 0 aliphatic rings. The number of benzene rings is 2. The summed E-state index contributed by atoms with van der Waals surface area (Å²) in [7, 11) is 0. The Balaban J connectivity index is 1.41. The van der Waals surface area contributed by atoms with E-state index in [2.05, 4.69) is 20.7 Å². The predicted octanol–water partition coefficient (Wildman–Crippen LogP) is 6.03. The van der Waals surface area contributed by atoms with Crippen LogP contribution in [0.4, 0.5) is 0 Å². The molecule has 0 radical (unpaired) electrons. The highest BCUT2D eigenvalue weighted by atomic mass is 35.5. The maximum Gasteiger partial charge on any atom is 0.250 e. The third-order valence-corrected chi connectivity index (χ3v) is 7.59. The average molecular weight is 504 g/mol. The van der Waals surface area contributed by atoms with Crippen LogP contribution in [0.3, 0.4) is 0 Å². The van der Waals surface area contributed by atoms with Gasteiger partial charge < -0.3 is 0 Å². The number of hydrazone groups is 1. The monoisotopic (exact) mass is 502 g/mol. The van der Waals surface area contributed by atoms with E-state index >= 15 is 0 Å². The van der Waals surface area contributed by atoms with Crippen LogP contribution in [0, 0.1) is 0 Å². The largest absolute Gasteiger partial charge is 0.272 e. The standard InChI is InChI=1S/C18H13Cl3N4OS3/c19-13-4-1-11(2-5-13)9-27-17-24-25-18(29-17)28-10-16(26)23-22-8-12-3-6-14(20)15(21)7-12/h1-8H,9-10H2,(H,23,26)/b22-8-. The molecule has 0 atom stereocenters. The molecule has 29 heavy (non-hydrogen) atoms. The van der Waals surface area contributed by atoms with Gasteiger partial charge in [-0.25, -0.2) is 5.43 Å². The summed E-state index contributed by atoms with van der Waals surface area (Å²) in [6.45, 7) is 0. The SMILES string of the molecule is O=C(CSc1nnc(SCc2ccc(Cl)cc2)s1)N/N=C\c1ccc(Cl)c(Cl)c1. The fourth-order valence-corrected chi connectivity index (χ4v) is 5.17. The Morgan fingerprint density at radius 3 is 2.48 bits per heavy atom. The number of carbonyl (C=O) groups excluding carboxylic acids is 1.